The summed E-state index contributed by atoms with van der Waals surface area (Å²) in [5, 5.41) is 98.2. The van der Waals surface area contributed by atoms with E-state index in [1.165, 1.54) is 27.2 Å². The number of hydrogen-bond acceptors (Lipinski definition) is 23. The van der Waals surface area contributed by atoms with Gasteiger partial charge in [-0.15, -0.1) is 0 Å². The number of carbonyl (C=O) groups excluding carboxylic acids is 2. The van der Waals surface area contributed by atoms with E-state index in [4.69, 9.17) is 52.1 Å². The van der Waals surface area contributed by atoms with Crippen LogP contribution in [0.5, 0.6) is 0 Å². The molecule has 9 N–H and O–H groups in total. The SMILES string of the molecule is CCC1OC(=O)C[C@@H](O)[C@H](C)C(O[C@@H]2O[C@H](C)[C@@H](O[C@H]3C[C@@](C)(O)[C@@H](O)[C@H](C)O3)[C@H](N(C)C)[C@H]2O[C@@H]2O[C@H](CO)[C@@H](O)[C@H](O)[C@H]2O)[C@@H](CCO)C[C@@H](C)C(=O)/C=C\C(C)=C\[C@@H]1CO[C@@H]1O[C@H](C)[C@@H](O)[C@@H](OC)[C@H]1OC. The van der Waals surface area contributed by atoms with Crippen molar-refractivity contribution >= 4 is 11.8 Å². The van der Waals surface area contributed by atoms with Crippen LogP contribution in [0.2, 0.25) is 0 Å². The molecule has 23 heteroatoms. The molecule has 0 aromatic carbocycles. The summed E-state index contributed by atoms with van der Waals surface area (Å²) >= 11 is 0. The summed E-state index contributed by atoms with van der Waals surface area (Å²) < 4.78 is 68.3. The van der Waals surface area contributed by atoms with Gasteiger partial charge in [0.2, 0.25) is 0 Å². The summed E-state index contributed by atoms with van der Waals surface area (Å²) in [5.41, 5.74) is -0.949. The number of carbonyl (C=O) groups is 2. The minimum atomic E-state index is -1.86. The summed E-state index contributed by atoms with van der Waals surface area (Å²) in [6.45, 7) is 12.3. The Bertz CT molecular complexity index is 1840. The van der Waals surface area contributed by atoms with E-state index >= 15 is 0 Å². The van der Waals surface area contributed by atoms with Gasteiger partial charge in [-0.3, -0.25) is 9.59 Å². The molecule has 0 amide bonds. The summed E-state index contributed by atoms with van der Waals surface area (Å²) in [6, 6.07) is -0.911. The lowest BCUT2D eigenvalue weighted by Crippen LogP contribution is -2.68. The van der Waals surface area contributed by atoms with Crippen LogP contribution in [-0.4, -0.2) is 245 Å². The van der Waals surface area contributed by atoms with Crippen LogP contribution in [0.4, 0.5) is 0 Å². The van der Waals surface area contributed by atoms with E-state index in [1.54, 1.807) is 66.6 Å². The predicted octanol–water partition coefficient (Wildman–Crippen LogP) is -0.549. The monoisotopic (exact) mass is 1080 g/mol. The van der Waals surface area contributed by atoms with Crippen LogP contribution in [0.3, 0.4) is 0 Å². The van der Waals surface area contributed by atoms with Gasteiger partial charge in [0.25, 0.3) is 0 Å². The molecule has 0 aromatic heterocycles. The quantitative estimate of drug-likeness (QED) is 0.0876. The summed E-state index contributed by atoms with van der Waals surface area (Å²) in [5.74, 6) is -3.92. The summed E-state index contributed by atoms with van der Waals surface area (Å²) in [6.07, 6.45) is -19.1. The van der Waals surface area contributed by atoms with Gasteiger partial charge in [0.15, 0.2) is 30.9 Å². The molecule has 0 bridgehead atoms. The number of cyclic esters (lactones) is 1. The lowest BCUT2D eigenvalue weighted by atomic mass is 9.79. The molecule has 0 aromatic rings. The van der Waals surface area contributed by atoms with Gasteiger partial charge < -0.3 is 103 Å². The largest absolute Gasteiger partial charge is 0.462 e. The van der Waals surface area contributed by atoms with Crippen molar-refractivity contribution in [3.63, 3.8) is 0 Å². The fourth-order valence-corrected chi connectivity index (χ4v) is 11.1. The molecule has 0 spiro atoms. The third-order valence-corrected chi connectivity index (χ3v) is 15.6. The maximum Gasteiger partial charge on any atom is 0.308 e. The standard InChI is InChI=1S/C52H89NO22/c1-13-34-31(23-67-50-47(66-12)46(65-11)39(59)27(5)69-50)18-24(2)14-15-32(56)25(3)19-30(16-17-54)43(26(4)33(57)20-36(58)71-34)74-51-45(75-49-42(62)41(61)40(60)35(22-55)72-49)38(53(9)10)44(28(6)70-51)73-37-21-52(8,64)48(63)29(7)68-37/h14-15,18,25-31,33-35,37-51,54-55,57,59-64H,13,16-17,19-23H2,1-12H3/b15-14-,24-18+/t25-,26+,27-,28-,29+,30+,31-,33-,34?,35-,37+,38+,39-,40-,41+,42-,43?,44-,45-,46-,47-,48+,49+,50-,51+,52-/m1/s1. The Morgan fingerprint density at radius 3 is 1.99 bits per heavy atom. The number of rotatable bonds is 16. The molecular formula is C52H89NO22. The number of hydrogen-bond donors (Lipinski definition) is 9. The van der Waals surface area contributed by atoms with Crippen LogP contribution >= 0.6 is 0 Å². The molecule has 0 saturated carbocycles. The fraction of sp³-hybridized carbons (Fsp3) is 0.885. The molecule has 26 atom stereocenters. The fourth-order valence-electron chi connectivity index (χ4n) is 11.1. The zero-order chi connectivity index (χ0) is 55.8. The molecule has 5 aliphatic heterocycles. The first-order valence-corrected chi connectivity index (χ1v) is 26.4. The number of nitrogens with zero attached hydrogens (tertiary/aromatic N) is 1. The van der Waals surface area contributed by atoms with Crippen molar-refractivity contribution in [3.05, 3.63) is 23.8 Å². The van der Waals surface area contributed by atoms with Crippen LogP contribution in [0, 0.1) is 23.7 Å². The molecule has 5 heterocycles. The van der Waals surface area contributed by atoms with Crippen molar-refractivity contribution in [2.24, 2.45) is 23.7 Å². The van der Waals surface area contributed by atoms with Gasteiger partial charge in [0, 0.05) is 45.0 Å². The number of esters is 1. The van der Waals surface area contributed by atoms with Crippen LogP contribution in [0.25, 0.3) is 0 Å². The second-order valence-corrected chi connectivity index (χ2v) is 21.7. The van der Waals surface area contributed by atoms with Gasteiger partial charge in [0.1, 0.15) is 67.1 Å². The highest BCUT2D eigenvalue weighted by atomic mass is 16.8. The number of likely N-dealkylation sites (N-methyl/N-ethyl adjacent to an activating group) is 1. The smallest absolute Gasteiger partial charge is 0.308 e. The van der Waals surface area contributed by atoms with E-state index in [9.17, 15) is 55.5 Å². The Morgan fingerprint density at radius 1 is 0.733 bits per heavy atom. The summed E-state index contributed by atoms with van der Waals surface area (Å²) in [7, 11) is 6.32. The molecule has 5 rings (SSSR count). The molecule has 0 aliphatic carbocycles. The average molecular weight is 1080 g/mol. The molecule has 4 fully saturated rings. The lowest BCUT2D eigenvalue weighted by molar-refractivity contribution is -0.378. The Balaban J connectivity index is 1.52. The minimum Gasteiger partial charge on any atom is -0.462 e. The first kappa shape index (κ1) is 63.6. The number of ether oxygens (including phenoxy) is 11. The van der Waals surface area contributed by atoms with Crippen LogP contribution in [0.15, 0.2) is 23.8 Å². The predicted molar refractivity (Wildman–Crippen MR) is 264 cm³/mol. The first-order chi connectivity index (χ1) is 35.3. The van der Waals surface area contributed by atoms with Crippen LogP contribution in [0.1, 0.15) is 87.5 Å². The van der Waals surface area contributed by atoms with Crippen molar-refractivity contribution < 1.29 is 108 Å². The van der Waals surface area contributed by atoms with Crippen molar-refractivity contribution in [3.8, 4) is 0 Å². The van der Waals surface area contributed by atoms with E-state index in [0.717, 1.165) is 0 Å². The van der Waals surface area contributed by atoms with E-state index in [2.05, 4.69) is 0 Å². The number of methoxy groups -OCH3 is 2. The zero-order valence-corrected chi connectivity index (χ0v) is 45.6. The first-order valence-electron chi connectivity index (χ1n) is 26.4. The molecule has 4 saturated heterocycles. The van der Waals surface area contributed by atoms with E-state index < -0.39 is 177 Å². The average Bonchev–Trinajstić information content (AvgIpc) is 3.35. The van der Waals surface area contributed by atoms with Gasteiger partial charge in [-0.1, -0.05) is 38.5 Å². The second kappa shape index (κ2) is 28.3. The van der Waals surface area contributed by atoms with E-state index in [0.29, 0.717) is 12.0 Å². The Labute approximate surface area is 440 Å². The highest BCUT2D eigenvalue weighted by Gasteiger charge is 2.55. The van der Waals surface area contributed by atoms with Gasteiger partial charge in [0.05, 0.1) is 61.8 Å². The van der Waals surface area contributed by atoms with Crippen molar-refractivity contribution in [2.75, 3.05) is 48.1 Å². The van der Waals surface area contributed by atoms with E-state index in [1.807, 2.05) is 13.0 Å². The Hall–Kier alpha value is -2.18. The maximum absolute atomic E-state index is 14.1. The third-order valence-electron chi connectivity index (χ3n) is 15.6. The van der Waals surface area contributed by atoms with Gasteiger partial charge >= 0.3 is 5.97 Å². The normalized spacial score (nSPS) is 47.2. The maximum atomic E-state index is 14.1. The molecule has 2 unspecified atom stereocenters. The molecule has 5 aliphatic rings. The Morgan fingerprint density at radius 2 is 1.39 bits per heavy atom. The van der Waals surface area contributed by atoms with Crippen LogP contribution in [-0.2, 0) is 61.7 Å². The number of ketones is 1. The number of aliphatic hydroxyl groups excluding tert-OH is 8. The van der Waals surface area contributed by atoms with Gasteiger partial charge in [-0.25, -0.2) is 0 Å². The molecular weight excluding hydrogens is 991 g/mol. The second-order valence-electron chi connectivity index (χ2n) is 21.7. The van der Waals surface area contributed by atoms with Crippen molar-refractivity contribution in [1.82, 2.24) is 4.90 Å². The molecule has 434 valence electrons. The third kappa shape index (κ3) is 15.6. The van der Waals surface area contributed by atoms with Crippen LogP contribution < -0.4 is 0 Å². The molecule has 23 nitrogen and oxygen atoms in total. The lowest BCUT2D eigenvalue weighted by Gasteiger charge is -2.52. The zero-order valence-electron chi connectivity index (χ0n) is 45.6. The van der Waals surface area contributed by atoms with Gasteiger partial charge in [-0.2, -0.15) is 0 Å². The van der Waals surface area contributed by atoms with E-state index in [-0.39, 0.29) is 38.3 Å². The molecule has 0 radical (unpaired) electrons. The molecule has 75 heavy (non-hydrogen) atoms. The Kier molecular flexibility index (Phi) is 24.0. The summed E-state index contributed by atoms with van der Waals surface area (Å²) in [4.78, 5) is 29.8. The van der Waals surface area contributed by atoms with Crippen molar-refractivity contribution in [2.45, 2.75) is 222 Å². The number of allylic oxidation sites excluding steroid dienone is 3. The van der Waals surface area contributed by atoms with Crippen molar-refractivity contribution in [1.29, 1.82) is 0 Å². The topological polar surface area (TPSA) is 321 Å². The highest BCUT2D eigenvalue weighted by molar-refractivity contribution is 5.91. The number of aliphatic hydroxyl groups is 9. The highest BCUT2D eigenvalue weighted by Crippen LogP contribution is 2.40. The minimum absolute atomic E-state index is 0.0500. The van der Waals surface area contributed by atoms with Gasteiger partial charge in [-0.05, 0) is 80.0 Å².